The molecule has 1 saturated heterocycles. The number of piperidine rings is 1. The van der Waals surface area contributed by atoms with E-state index in [1.807, 2.05) is 30.7 Å². The van der Waals surface area contributed by atoms with Crippen molar-refractivity contribution < 1.29 is 4.79 Å². The Morgan fingerprint density at radius 3 is 2.62 bits per heavy atom. The van der Waals surface area contributed by atoms with Crippen molar-refractivity contribution in [2.75, 3.05) is 24.5 Å². The highest BCUT2D eigenvalue weighted by Crippen LogP contribution is 2.22. The van der Waals surface area contributed by atoms with Gasteiger partial charge < -0.3 is 10.2 Å². The molecule has 3 heterocycles. The fourth-order valence-corrected chi connectivity index (χ4v) is 3.10. The fourth-order valence-electron chi connectivity index (χ4n) is 3.10. The van der Waals surface area contributed by atoms with Crippen LogP contribution in [0.1, 0.15) is 24.8 Å². The van der Waals surface area contributed by atoms with Crippen LogP contribution >= 0.6 is 0 Å². The summed E-state index contributed by atoms with van der Waals surface area (Å²) in [4.78, 5) is 22.5. The number of hydrogen-bond acceptors (Lipinski definition) is 4. The number of hydrogen-bond donors (Lipinski definition) is 1. The first-order chi connectivity index (χ1) is 11.8. The lowest BCUT2D eigenvalue weighted by molar-refractivity contribution is -0.121. The summed E-state index contributed by atoms with van der Waals surface area (Å²) >= 11 is 0. The molecule has 0 radical (unpaired) electrons. The van der Waals surface area contributed by atoms with Crippen molar-refractivity contribution in [2.24, 2.45) is 5.92 Å². The lowest BCUT2D eigenvalue weighted by Gasteiger charge is -2.33. The molecular weight excluding hydrogens is 300 g/mol. The standard InChI is InChI=1S/C19H24N4O/c24-19(4-3-16-2-1-9-21-14-16)22-15-17-7-12-23(13-8-17)18-5-10-20-11-6-18/h1-2,5-6,9-11,14,17H,3-4,7-8,12-13,15H2,(H,22,24). The summed E-state index contributed by atoms with van der Waals surface area (Å²) < 4.78 is 0. The van der Waals surface area contributed by atoms with Gasteiger partial charge in [-0.15, -0.1) is 0 Å². The molecule has 0 aliphatic carbocycles. The summed E-state index contributed by atoms with van der Waals surface area (Å²) in [6.07, 6.45) is 10.8. The third-order valence-corrected chi connectivity index (χ3v) is 4.59. The van der Waals surface area contributed by atoms with Gasteiger partial charge in [-0.3, -0.25) is 14.8 Å². The molecule has 24 heavy (non-hydrogen) atoms. The molecule has 3 rings (SSSR count). The molecule has 0 aromatic carbocycles. The molecule has 126 valence electrons. The average molecular weight is 324 g/mol. The zero-order valence-corrected chi connectivity index (χ0v) is 13.9. The van der Waals surface area contributed by atoms with E-state index in [1.165, 1.54) is 5.69 Å². The van der Waals surface area contributed by atoms with Gasteiger partial charge in [0.2, 0.25) is 5.91 Å². The predicted octanol–water partition coefficient (Wildman–Crippen LogP) is 2.44. The predicted molar refractivity (Wildman–Crippen MR) is 94.7 cm³/mol. The topological polar surface area (TPSA) is 58.1 Å². The van der Waals surface area contributed by atoms with Crippen molar-refractivity contribution in [1.82, 2.24) is 15.3 Å². The number of anilines is 1. The van der Waals surface area contributed by atoms with Crippen LogP contribution in [0.5, 0.6) is 0 Å². The van der Waals surface area contributed by atoms with Crippen molar-refractivity contribution in [2.45, 2.75) is 25.7 Å². The van der Waals surface area contributed by atoms with Crippen LogP contribution in [-0.2, 0) is 11.2 Å². The van der Waals surface area contributed by atoms with E-state index in [1.54, 1.807) is 6.20 Å². The van der Waals surface area contributed by atoms with Gasteiger partial charge in [-0.05, 0) is 48.9 Å². The molecule has 0 atom stereocenters. The molecule has 0 saturated carbocycles. The van der Waals surface area contributed by atoms with Crippen LogP contribution in [0, 0.1) is 5.92 Å². The Labute approximate surface area is 143 Å². The monoisotopic (exact) mass is 324 g/mol. The van der Waals surface area contributed by atoms with Crippen molar-refractivity contribution in [3.05, 3.63) is 54.6 Å². The van der Waals surface area contributed by atoms with Crippen LogP contribution in [0.3, 0.4) is 0 Å². The minimum Gasteiger partial charge on any atom is -0.371 e. The van der Waals surface area contributed by atoms with Gasteiger partial charge in [0.05, 0.1) is 0 Å². The molecule has 1 aliphatic rings. The lowest BCUT2D eigenvalue weighted by atomic mass is 9.96. The highest BCUT2D eigenvalue weighted by molar-refractivity contribution is 5.76. The second kappa shape index (κ2) is 8.43. The zero-order chi connectivity index (χ0) is 16.6. The molecule has 2 aromatic rings. The molecule has 0 unspecified atom stereocenters. The maximum absolute atomic E-state index is 12.0. The van der Waals surface area contributed by atoms with Crippen molar-refractivity contribution in [3.8, 4) is 0 Å². The van der Waals surface area contributed by atoms with E-state index >= 15 is 0 Å². The second-order valence-electron chi connectivity index (χ2n) is 6.30. The highest BCUT2D eigenvalue weighted by atomic mass is 16.1. The minimum atomic E-state index is 0.135. The third kappa shape index (κ3) is 4.78. The van der Waals surface area contributed by atoms with Gasteiger partial charge in [-0.2, -0.15) is 0 Å². The van der Waals surface area contributed by atoms with E-state index in [9.17, 15) is 4.79 Å². The first kappa shape index (κ1) is 16.4. The Morgan fingerprint density at radius 1 is 1.12 bits per heavy atom. The maximum atomic E-state index is 12.0. The first-order valence-corrected chi connectivity index (χ1v) is 8.62. The number of nitrogens with zero attached hydrogens (tertiary/aromatic N) is 3. The number of pyridine rings is 2. The number of carbonyl (C=O) groups excluding carboxylic acids is 1. The Bertz CT molecular complexity index is 624. The Hall–Kier alpha value is -2.43. The molecule has 1 fully saturated rings. The van der Waals surface area contributed by atoms with Crippen LogP contribution in [0.15, 0.2) is 49.1 Å². The minimum absolute atomic E-state index is 0.135. The molecule has 1 aliphatic heterocycles. The number of rotatable bonds is 6. The molecule has 1 amide bonds. The molecule has 5 heteroatoms. The zero-order valence-electron chi connectivity index (χ0n) is 13.9. The van der Waals surface area contributed by atoms with E-state index in [-0.39, 0.29) is 5.91 Å². The van der Waals surface area contributed by atoms with Gasteiger partial charge in [0.1, 0.15) is 0 Å². The van der Waals surface area contributed by atoms with Crippen LogP contribution < -0.4 is 10.2 Å². The number of aromatic nitrogens is 2. The van der Waals surface area contributed by atoms with E-state index in [0.717, 1.165) is 44.5 Å². The lowest BCUT2D eigenvalue weighted by Crippen LogP contribution is -2.38. The normalized spacial score (nSPS) is 15.2. The van der Waals surface area contributed by atoms with Crippen LogP contribution in [0.25, 0.3) is 0 Å². The van der Waals surface area contributed by atoms with Crippen LogP contribution in [0.2, 0.25) is 0 Å². The van der Waals surface area contributed by atoms with E-state index < -0.39 is 0 Å². The quantitative estimate of drug-likeness (QED) is 0.887. The van der Waals surface area contributed by atoms with Crippen molar-refractivity contribution in [3.63, 3.8) is 0 Å². The average Bonchev–Trinajstić information content (AvgIpc) is 2.67. The largest absolute Gasteiger partial charge is 0.371 e. The number of amides is 1. The second-order valence-corrected chi connectivity index (χ2v) is 6.30. The summed E-state index contributed by atoms with van der Waals surface area (Å²) in [5.41, 5.74) is 2.35. The summed E-state index contributed by atoms with van der Waals surface area (Å²) in [6, 6.07) is 8.03. The maximum Gasteiger partial charge on any atom is 0.220 e. The summed E-state index contributed by atoms with van der Waals surface area (Å²) in [5, 5.41) is 3.09. The van der Waals surface area contributed by atoms with E-state index in [0.29, 0.717) is 12.3 Å². The summed E-state index contributed by atoms with van der Waals surface area (Å²) in [7, 11) is 0. The Balaban J connectivity index is 1.35. The summed E-state index contributed by atoms with van der Waals surface area (Å²) in [5.74, 6) is 0.709. The Morgan fingerprint density at radius 2 is 1.92 bits per heavy atom. The van der Waals surface area contributed by atoms with Gasteiger partial charge >= 0.3 is 0 Å². The van der Waals surface area contributed by atoms with E-state index in [4.69, 9.17) is 0 Å². The SMILES string of the molecule is O=C(CCc1cccnc1)NCC1CCN(c2ccncc2)CC1. The van der Waals surface area contributed by atoms with Gasteiger partial charge in [0.15, 0.2) is 0 Å². The van der Waals surface area contributed by atoms with Gasteiger partial charge in [-0.1, -0.05) is 6.07 Å². The molecule has 1 N–H and O–H groups in total. The van der Waals surface area contributed by atoms with Crippen molar-refractivity contribution >= 4 is 11.6 Å². The van der Waals surface area contributed by atoms with Gasteiger partial charge in [-0.25, -0.2) is 0 Å². The van der Waals surface area contributed by atoms with E-state index in [2.05, 4.69) is 32.3 Å². The molecule has 0 bridgehead atoms. The Kier molecular flexibility index (Phi) is 5.77. The van der Waals surface area contributed by atoms with Crippen LogP contribution in [-0.4, -0.2) is 35.5 Å². The first-order valence-electron chi connectivity index (χ1n) is 8.62. The third-order valence-electron chi connectivity index (χ3n) is 4.59. The van der Waals surface area contributed by atoms with Gasteiger partial charge in [0.25, 0.3) is 0 Å². The van der Waals surface area contributed by atoms with Crippen molar-refractivity contribution in [1.29, 1.82) is 0 Å². The number of nitrogens with one attached hydrogen (secondary N) is 1. The number of carbonyl (C=O) groups is 1. The van der Waals surface area contributed by atoms with Gasteiger partial charge in [0, 0.05) is 56.5 Å². The fraction of sp³-hybridized carbons (Fsp3) is 0.421. The molecule has 0 spiro atoms. The molecule has 2 aromatic heterocycles. The highest BCUT2D eigenvalue weighted by Gasteiger charge is 2.19. The number of aryl methyl sites for hydroxylation is 1. The molecular formula is C19H24N4O. The smallest absolute Gasteiger partial charge is 0.220 e. The summed E-state index contributed by atoms with van der Waals surface area (Å²) in [6.45, 7) is 2.87. The van der Waals surface area contributed by atoms with Crippen LogP contribution in [0.4, 0.5) is 5.69 Å². The molecule has 5 nitrogen and oxygen atoms in total.